The van der Waals surface area contributed by atoms with E-state index in [1.807, 2.05) is 7.05 Å². The first kappa shape index (κ1) is 14.1. The molecule has 1 atom stereocenters. The summed E-state index contributed by atoms with van der Waals surface area (Å²) in [5.41, 5.74) is 0. The van der Waals surface area contributed by atoms with Crippen LogP contribution < -0.4 is 10.2 Å². The van der Waals surface area contributed by atoms with E-state index in [-0.39, 0.29) is 0 Å². The topological polar surface area (TPSA) is 44.3 Å². The molecule has 0 bridgehead atoms. The molecular formula is C14H25N5. The molecule has 0 amide bonds. The smallest absolute Gasteiger partial charge is 0.134 e. The van der Waals surface area contributed by atoms with E-state index in [9.17, 15) is 0 Å². The van der Waals surface area contributed by atoms with Gasteiger partial charge in [-0.1, -0.05) is 6.92 Å². The van der Waals surface area contributed by atoms with E-state index in [2.05, 4.69) is 52.2 Å². The van der Waals surface area contributed by atoms with E-state index in [4.69, 9.17) is 0 Å². The third kappa shape index (κ3) is 3.35. The van der Waals surface area contributed by atoms with Crippen molar-refractivity contribution in [2.24, 2.45) is 0 Å². The number of likely N-dealkylation sites (N-methyl/N-ethyl adjacent to an activating group) is 1. The molecular weight excluding hydrogens is 238 g/mol. The van der Waals surface area contributed by atoms with Crippen molar-refractivity contribution in [2.45, 2.75) is 32.2 Å². The van der Waals surface area contributed by atoms with Gasteiger partial charge >= 0.3 is 0 Å². The average molecular weight is 263 g/mol. The molecule has 0 saturated carbocycles. The van der Waals surface area contributed by atoms with Crippen LogP contribution in [0.5, 0.6) is 0 Å². The van der Waals surface area contributed by atoms with Gasteiger partial charge in [0.1, 0.15) is 17.5 Å². The minimum absolute atomic E-state index is 0.617. The van der Waals surface area contributed by atoms with Crippen LogP contribution in [0.2, 0.25) is 0 Å². The predicted octanol–water partition coefficient (Wildman–Crippen LogP) is 1.61. The molecule has 1 saturated heterocycles. The van der Waals surface area contributed by atoms with Gasteiger partial charge in [-0.25, -0.2) is 9.97 Å². The monoisotopic (exact) mass is 263 g/mol. The Morgan fingerprint density at radius 3 is 2.84 bits per heavy atom. The first-order valence-electron chi connectivity index (χ1n) is 7.11. The molecule has 1 N–H and O–H groups in total. The van der Waals surface area contributed by atoms with E-state index < -0.39 is 0 Å². The van der Waals surface area contributed by atoms with Gasteiger partial charge in [-0.3, -0.25) is 0 Å². The SMILES string of the molecule is CCc1nc(NC)cc(N2CCCC(N(C)C)C2)n1. The molecule has 5 heteroatoms. The van der Waals surface area contributed by atoms with Crippen molar-refractivity contribution in [3.8, 4) is 0 Å². The highest BCUT2D eigenvalue weighted by Gasteiger charge is 2.22. The van der Waals surface area contributed by atoms with Crippen molar-refractivity contribution >= 4 is 11.6 Å². The Morgan fingerprint density at radius 1 is 1.42 bits per heavy atom. The average Bonchev–Trinajstić information content (AvgIpc) is 2.46. The Morgan fingerprint density at radius 2 is 2.21 bits per heavy atom. The molecule has 0 radical (unpaired) electrons. The summed E-state index contributed by atoms with van der Waals surface area (Å²) < 4.78 is 0. The third-order valence-corrected chi connectivity index (χ3v) is 3.78. The van der Waals surface area contributed by atoms with Gasteiger partial charge in [0.2, 0.25) is 0 Å². The molecule has 106 valence electrons. The zero-order valence-electron chi connectivity index (χ0n) is 12.5. The van der Waals surface area contributed by atoms with Crippen LogP contribution in [-0.2, 0) is 6.42 Å². The summed E-state index contributed by atoms with van der Waals surface area (Å²) in [6.45, 7) is 4.24. The quantitative estimate of drug-likeness (QED) is 0.894. The Labute approximate surface area is 116 Å². The zero-order valence-corrected chi connectivity index (χ0v) is 12.5. The number of anilines is 2. The minimum Gasteiger partial charge on any atom is -0.373 e. The highest BCUT2D eigenvalue weighted by Crippen LogP contribution is 2.22. The number of hydrogen-bond donors (Lipinski definition) is 1. The van der Waals surface area contributed by atoms with Crippen LogP contribution in [0.25, 0.3) is 0 Å². The summed E-state index contributed by atoms with van der Waals surface area (Å²) in [5, 5.41) is 3.13. The maximum atomic E-state index is 4.67. The number of piperidine rings is 1. The predicted molar refractivity (Wildman–Crippen MR) is 79.9 cm³/mol. The lowest BCUT2D eigenvalue weighted by atomic mass is 10.1. The lowest BCUT2D eigenvalue weighted by Gasteiger charge is -2.37. The van der Waals surface area contributed by atoms with Crippen molar-refractivity contribution in [1.29, 1.82) is 0 Å². The Hall–Kier alpha value is -1.36. The summed E-state index contributed by atoms with van der Waals surface area (Å²) in [6, 6.07) is 2.67. The van der Waals surface area contributed by atoms with Gasteiger partial charge < -0.3 is 15.1 Å². The van der Waals surface area contributed by atoms with Crippen molar-refractivity contribution < 1.29 is 0 Å². The van der Waals surface area contributed by atoms with Crippen LogP contribution in [-0.4, -0.2) is 55.1 Å². The van der Waals surface area contributed by atoms with Crippen molar-refractivity contribution in [3.05, 3.63) is 11.9 Å². The van der Waals surface area contributed by atoms with Gasteiger partial charge in [-0.15, -0.1) is 0 Å². The van der Waals surface area contributed by atoms with Crippen LogP contribution in [0.4, 0.5) is 11.6 Å². The maximum Gasteiger partial charge on any atom is 0.134 e. The Balaban J connectivity index is 2.20. The highest BCUT2D eigenvalue weighted by atomic mass is 15.2. The molecule has 0 spiro atoms. The Kier molecular flexibility index (Phi) is 4.58. The van der Waals surface area contributed by atoms with Gasteiger partial charge in [0.15, 0.2) is 0 Å². The van der Waals surface area contributed by atoms with E-state index in [0.717, 1.165) is 37.0 Å². The number of nitrogens with one attached hydrogen (secondary N) is 1. The lowest BCUT2D eigenvalue weighted by molar-refractivity contribution is 0.257. The number of aromatic nitrogens is 2. The maximum absolute atomic E-state index is 4.67. The van der Waals surface area contributed by atoms with Gasteiger partial charge in [-0.2, -0.15) is 0 Å². The van der Waals surface area contributed by atoms with Gasteiger partial charge in [0, 0.05) is 38.7 Å². The summed E-state index contributed by atoms with van der Waals surface area (Å²) >= 11 is 0. The second kappa shape index (κ2) is 6.19. The first-order chi connectivity index (χ1) is 9.13. The van der Waals surface area contributed by atoms with E-state index in [0.29, 0.717) is 6.04 Å². The number of nitrogens with zero attached hydrogens (tertiary/aromatic N) is 4. The molecule has 2 rings (SSSR count). The van der Waals surface area contributed by atoms with Gasteiger partial charge in [-0.05, 0) is 26.9 Å². The molecule has 5 nitrogen and oxygen atoms in total. The minimum atomic E-state index is 0.617. The number of rotatable bonds is 4. The summed E-state index contributed by atoms with van der Waals surface area (Å²) in [4.78, 5) is 13.8. The molecule has 19 heavy (non-hydrogen) atoms. The molecule has 1 unspecified atom stereocenters. The van der Waals surface area contributed by atoms with Crippen molar-refractivity contribution in [1.82, 2.24) is 14.9 Å². The van der Waals surface area contributed by atoms with Crippen LogP contribution in [0.1, 0.15) is 25.6 Å². The fourth-order valence-electron chi connectivity index (χ4n) is 2.52. The zero-order chi connectivity index (χ0) is 13.8. The molecule has 1 aromatic rings. The summed E-state index contributed by atoms with van der Waals surface area (Å²) in [6.07, 6.45) is 3.37. The fourth-order valence-corrected chi connectivity index (χ4v) is 2.52. The largest absolute Gasteiger partial charge is 0.373 e. The van der Waals surface area contributed by atoms with Gasteiger partial charge in [0.25, 0.3) is 0 Å². The van der Waals surface area contributed by atoms with Crippen LogP contribution >= 0.6 is 0 Å². The van der Waals surface area contributed by atoms with Crippen molar-refractivity contribution in [3.63, 3.8) is 0 Å². The number of aryl methyl sites for hydroxylation is 1. The fraction of sp³-hybridized carbons (Fsp3) is 0.714. The van der Waals surface area contributed by atoms with E-state index in [1.165, 1.54) is 12.8 Å². The summed E-state index contributed by atoms with van der Waals surface area (Å²) in [7, 11) is 6.22. The lowest BCUT2D eigenvalue weighted by Crippen LogP contribution is -2.45. The van der Waals surface area contributed by atoms with Crippen LogP contribution in [0.15, 0.2) is 6.07 Å². The van der Waals surface area contributed by atoms with E-state index in [1.54, 1.807) is 0 Å². The Bertz CT molecular complexity index is 396. The van der Waals surface area contributed by atoms with Crippen LogP contribution in [0.3, 0.4) is 0 Å². The first-order valence-corrected chi connectivity index (χ1v) is 7.11. The second-order valence-electron chi connectivity index (χ2n) is 5.34. The van der Waals surface area contributed by atoms with Crippen molar-refractivity contribution in [2.75, 3.05) is 44.4 Å². The normalized spacial score (nSPS) is 19.8. The molecule has 1 fully saturated rings. The highest BCUT2D eigenvalue weighted by molar-refractivity contribution is 5.49. The standard InChI is InChI=1S/C14H25N5/c1-5-12-16-13(15-2)9-14(17-12)19-8-6-7-11(10-19)18(3)4/h9,11H,5-8,10H2,1-4H3,(H,15,16,17). The molecule has 1 aliphatic heterocycles. The number of hydrogen-bond acceptors (Lipinski definition) is 5. The third-order valence-electron chi connectivity index (χ3n) is 3.78. The summed E-state index contributed by atoms with van der Waals surface area (Å²) in [5.74, 6) is 2.88. The van der Waals surface area contributed by atoms with E-state index >= 15 is 0 Å². The van der Waals surface area contributed by atoms with Crippen LogP contribution in [0, 0.1) is 0 Å². The molecule has 0 aliphatic carbocycles. The van der Waals surface area contributed by atoms with Gasteiger partial charge in [0.05, 0.1) is 0 Å². The molecule has 1 aromatic heterocycles. The molecule has 0 aromatic carbocycles. The molecule has 2 heterocycles. The molecule has 1 aliphatic rings. The second-order valence-corrected chi connectivity index (χ2v) is 5.34.